The van der Waals surface area contributed by atoms with E-state index in [1.165, 1.54) is 0 Å². The number of fused-ring (bicyclic) bond motifs is 1. The van der Waals surface area contributed by atoms with Gasteiger partial charge < -0.3 is 16.2 Å². The highest BCUT2D eigenvalue weighted by molar-refractivity contribution is 5.75. The maximum atomic E-state index is 5.43. The Balaban J connectivity index is 2.36. The molecule has 0 saturated heterocycles. The molecule has 0 aliphatic rings. The van der Waals surface area contributed by atoms with Gasteiger partial charge in [0.2, 0.25) is 5.95 Å². The van der Waals surface area contributed by atoms with Crippen LogP contribution in [-0.4, -0.2) is 28.3 Å². The Kier molecular flexibility index (Phi) is 2.59. The lowest BCUT2D eigenvalue weighted by Gasteiger charge is -2.04. The summed E-state index contributed by atoms with van der Waals surface area (Å²) in [5, 5.41) is 7.54. The molecular weight excluding hydrogens is 194 g/mol. The lowest BCUT2D eigenvalue weighted by Crippen LogP contribution is -2.10. The van der Waals surface area contributed by atoms with E-state index in [-0.39, 0.29) is 5.95 Å². The minimum Gasteiger partial charge on any atom is -0.492 e. The summed E-state index contributed by atoms with van der Waals surface area (Å²) in [4.78, 5) is 4.04. The van der Waals surface area contributed by atoms with E-state index < -0.39 is 0 Å². The lowest BCUT2D eigenvalue weighted by molar-refractivity contribution is 0.328. The second-order valence-corrected chi connectivity index (χ2v) is 2.96. The van der Waals surface area contributed by atoms with Crippen LogP contribution in [0.15, 0.2) is 18.2 Å². The third kappa shape index (κ3) is 2.10. The minimum atomic E-state index is 0.151. The molecular formula is C9H11N5O. The predicted octanol–water partition coefficient (Wildman–Crippen LogP) is -0.0555. The highest BCUT2D eigenvalue weighted by Gasteiger charge is 2.00. The van der Waals surface area contributed by atoms with Crippen LogP contribution in [-0.2, 0) is 0 Å². The van der Waals surface area contributed by atoms with E-state index in [2.05, 4.69) is 15.2 Å². The predicted molar refractivity (Wildman–Crippen MR) is 56.3 cm³/mol. The van der Waals surface area contributed by atoms with Gasteiger partial charge in [-0.15, -0.1) is 10.2 Å². The molecule has 0 bridgehead atoms. The fourth-order valence-electron chi connectivity index (χ4n) is 1.19. The number of nitrogens with zero attached hydrogens (tertiary/aromatic N) is 3. The molecule has 0 aliphatic heterocycles. The summed E-state index contributed by atoms with van der Waals surface area (Å²) in [6.45, 7) is 0.946. The van der Waals surface area contributed by atoms with Crippen molar-refractivity contribution in [2.24, 2.45) is 5.73 Å². The molecule has 6 nitrogen and oxygen atoms in total. The van der Waals surface area contributed by atoms with E-state index in [1.807, 2.05) is 0 Å². The molecule has 0 amide bonds. The van der Waals surface area contributed by atoms with Gasteiger partial charge in [-0.3, -0.25) is 0 Å². The Morgan fingerprint density at radius 1 is 1.20 bits per heavy atom. The zero-order chi connectivity index (χ0) is 10.7. The fourth-order valence-corrected chi connectivity index (χ4v) is 1.19. The molecule has 2 rings (SSSR count). The van der Waals surface area contributed by atoms with E-state index >= 15 is 0 Å². The van der Waals surface area contributed by atoms with Gasteiger partial charge in [0, 0.05) is 12.6 Å². The van der Waals surface area contributed by atoms with Gasteiger partial charge in [0.15, 0.2) is 0 Å². The number of nitrogen functional groups attached to an aromatic ring is 1. The van der Waals surface area contributed by atoms with E-state index in [1.54, 1.807) is 18.2 Å². The highest BCUT2D eigenvalue weighted by Crippen LogP contribution is 2.17. The van der Waals surface area contributed by atoms with E-state index in [4.69, 9.17) is 16.2 Å². The largest absolute Gasteiger partial charge is 0.492 e. The molecule has 6 heteroatoms. The third-order valence-electron chi connectivity index (χ3n) is 1.83. The second kappa shape index (κ2) is 4.05. The van der Waals surface area contributed by atoms with Crippen molar-refractivity contribution in [3.63, 3.8) is 0 Å². The van der Waals surface area contributed by atoms with Gasteiger partial charge in [-0.25, -0.2) is 4.98 Å². The normalized spacial score (nSPS) is 10.5. The summed E-state index contributed by atoms with van der Waals surface area (Å²) in [5.74, 6) is 0.853. The van der Waals surface area contributed by atoms with Crippen molar-refractivity contribution in [3.8, 4) is 5.75 Å². The molecule has 0 fully saturated rings. The van der Waals surface area contributed by atoms with Gasteiger partial charge in [-0.2, -0.15) is 0 Å². The fraction of sp³-hybridized carbons (Fsp3) is 0.222. The average Bonchev–Trinajstić information content (AvgIpc) is 2.25. The number of ether oxygens (including phenoxy) is 1. The van der Waals surface area contributed by atoms with Crippen molar-refractivity contribution in [3.05, 3.63) is 18.2 Å². The molecule has 1 aromatic carbocycles. The second-order valence-electron chi connectivity index (χ2n) is 2.96. The van der Waals surface area contributed by atoms with Crippen LogP contribution in [0.1, 0.15) is 0 Å². The number of benzene rings is 1. The summed E-state index contributed by atoms with van der Waals surface area (Å²) in [5.41, 5.74) is 12.1. The number of anilines is 1. The van der Waals surface area contributed by atoms with Crippen LogP contribution >= 0.6 is 0 Å². The number of aromatic nitrogens is 3. The van der Waals surface area contributed by atoms with Gasteiger partial charge in [0.1, 0.15) is 17.9 Å². The number of nitrogens with two attached hydrogens (primary N) is 2. The van der Waals surface area contributed by atoms with Crippen molar-refractivity contribution < 1.29 is 4.74 Å². The summed E-state index contributed by atoms with van der Waals surface area (Å²) in [6.07, 6.45) is 0. The van der Waals surface area contributed by atoms with Crippen LogP contribution < -0.4 is 16.2 Å². The Morgan fingerprint density at radius 2 is 2.07 bits per heavy atom. The minimum absolute atomic E-state index is 0.151. The van der Waals surface area contributed by atoms with Crippen LogP contribution in [0.5, 0.6) is 5.75 Å². The van der Waals surface area contributed by atoms with E-state index in [0.29, 0.717) is 29.9 Å². The molecule has 1 heterocycles. The number of rotatable bonds is 3. The van der Waals surface area contributed by atoms with Crippen molar-refractivity contribution >= 4 is 17.0 Å². The smallest absolute Gasteiger partial charge is 0.240 e. The molecule has 4 N–H and O–H groups in total. The van der Waals surface area contributed by atoms with E-state index in [9.17, 15) is 0 Å². The average molecular weight is 205 g/mol. The van der Waals surface area contributed by atoms with Crippen molar-refractivity contribution in [1.82, 2.24) is 15.2 Å². The van der Waals surface area contributed by atoms with Crippen molar-refractivity contribution in [1.29, 1.82) is 0 Å². The molecule has 0 unspecified atom stereocenters. The molecule has 0 atom stereocenters. The Bertz CT molecular complexity index is 473. The van der Waals surface area contributed by atoms with Crippen molar-refractivity contribution in [2.75, 3.05) is 18.9 Å². The first-order valence-electron chi connectivity index (χ1n) is 4.52. The first-order valence-corrected chi connectivity index (χ1v) is 4.52. The van der Waals surface area contributed by atoms with Crippen LogP contribution in [0.4, 0.5) is 5.95 Å². The van der Waals surface area contributed by atoms with Gasteiger partial charge in [0.25, 0.3) is 0 Å². The Hall–Kier alpha value is -1.95. The first kappa shape index (κ1) is 9.60. The molecule has 2 aromatic rings. The first-order chi connectivity index (χ1) is 7.29. The summed E-state index contributed by atoms with van der Waals surface area (Å²) in [7, 11) is 0. The summed E-state index contributed by atoms with van der Waals surface area (Å²) >= 11 is 0. The molecule has 15 heavy (non-hydrogen) atoms. The lowest BCUT2D eigenvalue weighted by atomic mass is 10.3. The third-order valence-corrected chi connectivity index (χ3v) is 1.83. The Morgan fingerprint density at radius 3 is 2.87 bits per heavy atom. The summed E-state index contributed by atoms with van der Waals surface area (Å²) < 4.78 is 5.35. The molecule has 0 aliphatic carbocycles. The zero-order valence-corrected chi connectivity index (χ0v) is 8.05. The van der Waals surface area contributed by atoms with Crippen LogP contribution in [0.25, 0.3) is 11.0 Å². The summed E-state index contributed by atoms with van der Waals surface area (Å²) in [6, 6.07) is 5.33. The van der Waals surface area contributed by atoms with Crippen LogP contribution in [0, 0.1) is 0 Å². The van der Waals surface area contributed by atoms with Gasteiger partial charge in [-0.05, 0) is 12.1 Å². The molecule has 78 valence electrons. The van der Waals surface area contributed by atoms with Gasteiger partial charge in [0.05, 0.1) is 5.52 Å². The zero-order valence-electron chi connectivity index (χ0n) is 8.05. The quantitative estimate of drug-likeness (QED) is 0.728. The topological polar surface area (TPSA) is 99.9 Å². The highest BCUT2D eigenvalue weighted by atomic mass is 16.5. The monoisotopic (exact) mass is 205 g/mol. The Labute approximate surface area is 86.3 Å². The standard InChI is InChI=1S/C9H11N5O/c10-3-4-15-6-1-2-7-8(5-6)12-9(11)14-13-7/h1-2,5H,3-4,10H2,(H2,11,12,14). The van der Waals surface area contributed by atoms with E-state index in [0.717, 1.165) is 0 Å². The molecule has 0 radical (unpaired) electrons. The van der Waals surface area contributed by atoms with Crippen molar-refractivity contribution in [2.45, 2.75) is 0 Å². The molecule has 1 aromatic heterocycles. The number of hydrogen-bond acceptors (Lipinski definition) is 6. The van der Waals surface area contributed by atoms with Crippen LogP contribution in [0.3, 0.4) is 0 Å². The van der Waals surface area contributed by atoms with Gasteiger partial charge in [-0.1, -0.05) is 0 Å². The maximum absolute atomic E-state index is 5.43. The van der Waals surface area contributed by atoms with Crippen LogP contribution in [0.2, 0.25) is 0 Å². The SMILES string of the molecule is NCCOc1ccc2nnc(N)nc2c1. The maximum Gasteiger partial charge on any atom is 0.240 e. The molecule has 0 saturated carbocycles. The number of hydrogen-bond donors (Lipinski definition) is 2. The van der Waals surface area contributed by atoms with Gasteiger partial charge >= 0.3 is 0 Å². The molecule has 0 spiro atoms.